The van der Waals surface area contributed by atoms with Crippen molar-refractivity contribution in [3.8, 4) is 0 Å². The summed E-state index contributed by atoms with van der Waals surface area (Å²) in [5, 5.41) is 10.7. The van der Waals surface area contributed by atoms with Crippen LogP contribution in [0.5, 0.6) is 0 Å². The van der Waals surface area contributed by atoms with Crippen LogP contribution in [0.15, 0.2) is 18.2 Å². The van der Waals surface area contributed by atoms with E-state index < -0.39 is 10.9 Å². The van der Waals surface area contributed by atoms with Gasteiger partial charge in [-0.2, -0.15) is 0 Å². The van der Waals surface area contributed by atoms with Crippen molar-refractivity contribution in [2.45, 2.75) is 20.0 Å². The molecule has 0 aliphatic carbocycles. The third-order valence-corrected chi connectivity index (χ3v) is 1.89. The van der Waals surface area contributed by atoms with E-state index in [9.17, 15) is 14.9 Å². The molecule has 0 spiro atoms. The predicted molar refractivity (Wildman–Crippen MR) is 58.7 cm³/mol. The monoisotopic (exact) mass is 243 g/mol. The van der Waals surface area contributed by atoms with Gasteiger partial charge in [0.15, 0.2) is 0 Å². The lowest BCUT2D eigenvalue weighted by Gasteiger charge is -2.07. The largest absolute Gasteiger partial charge is 0.459 e. The van der Waals surface area contributed by atoms with Gasteiger partial charge in [0.1, 0.15) is 0 Å². The minimum atomic E-state index is -0.624. The molecule has 0 heterocycles. The molecule has 0 fully saturated rings. The van der Waals surface area contributed by atoms with Crippen LogP contribution >= 0.6 is 11.6 Å². The summed E-state index contributed by atoms with van der Waals surface area (Å²) in [6.07, 6.45) is -0.287. The maximum Gasteiger partial charge on any atom is 0.338 e. The zero-order valence-electron chi connectivity index (χ0n) is 8.77. The quantitative estimate of drug-likeness (QED) is 0.465. The van der Waals surface area contributed by atoms with Gasteiger partial charge in [-0.05, 0) is 19.9 Å². The Balaban J connectivity index is 3.05. The van der Waals surface area contributed by atoms with Crippen molar-refractivity contribution in [1.82, 2.24) is 0 Å². The van der Waals surface area contributed by atoms with Crippen LogP contribution in [0.25, 0.3) is 0 Å². The summed E-state index contributed by atoms with van der Waals surface area (Å²) >= 11 is 5.66. The first-order chi connectivity index (χ1) is 7.40. The Hall–Kier alpha value is -1.62. The third kappa shape index (κ3) is 3.20. The number of hydrogen-bond donors (Lipinski definition) is 0. The molecule has 6 heteroatoms. The number of nitro groups is 1. The fourth-order valence-corrected chi connectivity index (χ4v) is 1.31. The van der Waals surface area contributed by atoms with Crippen LogP contribution in [0.4, 0.5) is 5.69 Å². The average Bonchev–Trinajstić information content (AvgIpc) is 2.15. The van der Waals surface area contributed by atoms with Gasteiger partial charge >= 0.3 is 5.97 Å². The third-order valence-electron chi connectivity index (χ3n) is 1.67. The summed E-state index contributed by atoms with van der Waals surface area (Å²) in [4.78, 5) is 21.4. The van der Waals surface area contributed by atoms with Crippen LogP contribution in [0.3, 0.4) is 0 Å². The second-order valence-corrected chi connectivity index (χ2v) is 3.85. The Labute approximate surface area is 97.1 Å². The molecule has 86 valence electrons. The second kappa shape index (κ2) is 4.94. The SMILES string of the molecule is CC(C)OC(=O)c1cc(Cl)cc([N+](=O)[O-])c1. The summed E-state index contributed by atoms with van der Waals surface area (Å²) in [5.41, 5.74) is -0.156. The lowest BCUT2D eigenvalue weighted by molar-refractivity contribution is -0.384. The van der Waals surface area contributed by atoms with E-state index in [1.165, 1.54) is 12.1 Å². The van der Waals surface area contributed by atoms with Crippen LogP contribution in [0, 0.1) is 10.1 Å². The number of carbonyl (C=O) groups excluding carboxylic acids is 1. The summed E-state index contributed by atoms with van der Waals surface area (Å²) in [5.74, 6) is -0.624. The Morgan fingerprint density at radius 2 is 2.06 bits per heavy atom. The number of non-ortho nitro benzene ring substituents is 1. The second-order valence-electron chi connectivity index (χ2n) is 3.41. The van der Waals surface area contributed by atoms with Crippen molar-refractivity contribution in [2.24, 2.45) is 0 Å². The molecule has 0 aliphatic rings. The molecule has 0 aromatic heterocycles. The fraction of sp³-hybridized carbons (Fsp3) is 0.300. The minimum absolute atomic E-state index is 0.0768. The summed E-state index contributed by atoms with van der Waals surface area (Å²) < 4.78 is 4.91. The summed E-state index contributed by atoms with van der Waals surface area (Å²) in [6.45, 7) is 3.38. The van der Waals surface area contributed by atoms with E-state index in [4.69, 9.17) is 16.3 Å². The first kappa shape index (κ1) is 12.4. The molecule has 0 amide bonds. The van der Waals surface area contributed by atoms with Crippen molar-refractivity contribution >= 4 is 23.3 Å². The number of carbonyl (C=O) groups is 1. The lowest BCUT2D eigenvalue weighted by atomic mass is 10.2. The van der Waals surface area contributed by atoms with Crippen LogP contribution in [-0.4, -0.2) is 17.0 Å². The van der Waals surface area contributed by atoms with Gasteiger partial charge in [-0.25, -0.2) is 4.79 Å². The van der Waals surface area contributed by atoms with Crippen molar-refractivity contribution in [2.75, 3.05) is 0 Å². The maximum atomic E-state index is 11.5. The van der Waals surface area contributed by atoms with E-state index in [0.717, 1.165) is 6.07 Å². The minimum Gasteiger partial charge on any atom is -0.459 e. The molecule has 0 N–H and O–H groups in total. The first-order valence-corrected chi connectivity index (χ1v) is 4.94. The molecule has 0 saturated heterocycles. The summed E-state index contributed by atoms with van der Waals surface area (Å²) in [7, 11) is 0. The van der Waals surface area contributed by atoms with E-state index in [0.29, 0.717) is 0 Å². The van der Waals surface area contributed by atoms with Gasteiger partial charge < -0.3 is 4.74 Å². The van der Waals surface area contributed by atoms with Crippen molar-refractivity contribution < 1.29 is 14.5 Å². The fourth-order valence-electron chi connectivity index (χ4n) is 1.08. The van der Waals surface area contributed by atoms with Crippen LogP contribution in [0.2, 0.25) is 5.02 Å². The standard InChI is InChI=1S/C10H10ClNO4/c1-6(2)16-10(13)7-3-8(11)5-9(4-7)12(14)15/h3-6H,1-2H3. The predicted octanol–water partition coefficient (Wildman–Crippen LogP) is 2.81. The van der Waals surface area contributed by atoms with Gasteiger partial charge in [0.2, 0.25) is 0 Å². The number of benzene rings is 1. The van der Waals surface area contributed by atoms with Crippen LogP contribution < -0.4 is 0 Å². The van der Waals surface area contributed by atoms with Gasteiger partial charge in [-0.3, -0.25) is 10.1 Å². The Morgan fingerprint density at radius 1 is 1.44 bits per heavy atom. The van der Waals surface area contributed by atoms with Crippen LogP contribution in [-0.2, 0) is 4.74 Å². The molecule has 0 atom stereocenters. The van der Waals surface area contributed by atoms with Gasteiger partial charge in [0, 0.05) is 17.2 Å². The molecule has 0 bridgehead atoms. The number of rotatable bonds is 3. The zero-order valence-corrected chi connectivity index (χ0v) is 9.52. The number of halogens is 1. The van der Waals surface area contributed by atoms with E-state index in [1.807, 2.05) is 0 Å². The topological polar surface area (TPSA) is 69.4 Å². The highest BCUT2D eigenvalue weighted by Crippen LogP contribution is 2.21. The molecule has 0 saturated carbocycles. The maximum absolute atomic E-state index is 11.5. The smallest absolute Gasteiger partial charge is 0.338 e. The first-order valence-electron chi connectivity index (χ1n) is 4.56. The number of esters is 1. The van der Waals surface area contributed by atoms with E-state index in [-0.39, 0.29) is 22.4 Å². The highest BCUT2D eigenvalue weighted by molar-refractivity contribution is 6.31. The van der Waals surface area contributed by atoms with E-state index in [2.05, 4.69) is 0 Å². The highest BCUT2D eigenvalue weighted by atomic mass is 35.5. The van der Waals surface area contributed by atoms with Crippen molar-refractivity contribution in [1.29, 1.82) is 0 Å². The molecule has 0 unspecified atom stereocenters. The lowest BCUT2D eigenvalue weighted by Crippen LogP contribution is -2.11. The number of ether oxygens (including phenoxy) is 1. The highest BCUT2D eigenvalue weighted by Gasteiger charge is 2.15. The van der Waals surface area contributed by atoms with Gasteiger partial charge in [-0.1, -0.05) is 11.6 Å². The average molecular weight is 244 g/mol. The summed E-state index contributed by atoms with van der Waals surface area (Å²) in [6, 6.07) is 3.64. The molecular formula is C10H10ClNO4. The molecule has 1 rings (SSSR count). The van der Waals surface area contributed by atoms with Gasteiger partial charge in [-0.15, -0.1) is 0 Å². The zero-order chi connectivity index (χ0) is 12.3. The Morgan fingerprint density at radius 3 is 2.56 bits per heavy atom. The number of nitro benzene ring substituents is 1. The Kier molecular flexibility index (Phi) is 3.84. The molecule has 1 aromatic carbocycles. The molecule has 0 aliphatic heterocycles. The molecule has 1 aromatic rings. The van der Waals surface area contributed by atoms with Crippen molar-refractivity contribution in [3.63, 3.8) is 0 Å². The van der Waals surface area contributed by atoms with E-state index in [1.54, 1.807) is 13.8 Å². The molecular weight excluding hydrogens is 234 g/mol. The number of hydrogen-bond acceptors (Lipinski definition) is 4. The van der Waals surface area contributed by atoms with E-state index >= 15 is 0 Å². The Bertz CT molecular complexity index is 431. The molecule has 5 nitrogen and oxygen atoms in total. The number of nitrogens with zero attached hydrogens (tertiary/aromatic N) is 1. The van der Waals surface area contributed by atoms with Crippen molar-refractivity contribution in [3.05, 3.63) is 38.9 Å². The van der Waals surface area contributed by atoms with Gasteiger partial charge in [0.25, 0.3) is 5.69 Å². The van der Waals surface area contributed by atoms with Crippen LogP contribution in [0.1, 0.15) is 24.2 Å². The molecule has 0 radical (unpaired) electrons. The van der Waals surface area contributed by atoms with Gasteiger partial charge in [0.05, 0.1) is 16.6 Å². The normalized spacial score (nSPS) is 10.2. The molecule has 16 heavy (non-hydrogen) atoms.